The Bertz CT molecular complexity index is 1070. The summed E-state index contributed by atoms with van der Waals surface area (Å²) in [5, 5.41) is 0. The normalized spacial score (nSPS) is 11.0. The van der Waals surface area contributed by atoms with Gasteiger partial charge in [0.15, 0.2) is 17.3 Å². The largest absolute Gasteiger partial charge is 0.490 e. The highest BCUT2D eigenvalue weighted by atomic mass is 16.5. The number of nitrogen functional groups attached to an aromatic ring is 2. The van der Waals surface area contributed by atoms with Crippen LogP contribution in [0.4, 0.5) is 11.9 Å². The molecule has 1 heterocycles. The average Bonchev–Trinajstić information content (AvgIpc) is 2.92. The number of benzene rings is 2. The fourth-order valence-corrected chi connectivity index (χ4v) is 4.40. The predicted octanol–water partition coefficient (Wildman–Crippen LogP) is 7.85. The molecule has 2 aromatic carbocycles. The van der Waals surface area contributed by atoms with E-state index in [1.165, 1.54) is 64.2 Å². The van der Waals surface area contributed by atoms with Crippen LogP contribution in [0.5, 0.6) is 11.5 Å². The Morgan fingerprint density at radius 2 is 1.00 bits per heavy atom. The number of nitrogens with two attached hydrogens (primary N) is 2. The smallest absolute Gasteiger partial charge is 0.225 e. The number of nitrogens with zero attached hydrogens (tertiary/aromatic N) is 3. The molecule has 4 N–H and O–H groups in total. The van der Waals surface area contributed by atoms with Crippen LogP contribution in [0, 0.1) is 0 Å². The summed E-state index contributed by atoms with van der Waals surface area (Å²) in [5.41, 5.74) is 14.4. The number of anilines is 2. The number of ether oxygens (including phenoxy) is 2. The molecule has 1 aromatic heterocycles. The molecule has 206 valence electrons. The van der Waals surface area contributed by atoms with Crippen LogP contribution in [0.15, 0.2) is 42.5 Å². The molecule has 7 heteroatoms. The average molecular weight is 520 g/mol. The molecule has 3 aromatic rings. The predicted molar refractivity (Wildman–Crippen MR) is 157 cm³/mol. The Kier molecular flexibility index (Phi) is 12.7. The molecule has 0 fully saturated rings. The topological polar surface area (TPSA) is 109 Å². The first kappa shape index (κ1) is 29.2. The summed E-state index contributed by atoms with van der Waals surface area (Å²) in [4.78, 5) is 12.2. The first-order valence-electron chi connectivity index (χ1n) is 14.4. The van der Waals surface area contributed by atoms with Crippen molar-refractivity contribution in [1.82, 2.24) is 15.0 Å². The van der Waals surface area contributed by atoms with Gasteiger partial charge >= 0.3 is 0 Å². The van der Waals surface area contributed by atoms with Crippen molar-refractivity contribution >= 4 is 11.9 Å². The Morgan fingerprint density at radius 3 is 1.58 bits per heavy atom. The van der Waals surface area contributed by atoms with E-state index < -0.39 is 0 Å². The maximum atomic E-state index is 6.26. The highest BCUT2D eigenvalue weighted by Gasteiger charge is 2.10. The third-order valence-electron chi connectivity index (χ3n) is 6.60. The second kappa shape index (κ2) is 16.5. The zero-order valence-corrected chi connectivity index (χ0v) is 23.3. The van der Waals surface area contributed by atoms with Crippen LogP contribution in [0.1, 0.15) is 90.9 Å². The van der Waals surface area contributed by atoms with Crippen molar-refractivity contribution in [2.75, 3.05) is 24.7 Å². The second-order valence-electron chi connectivity index (χ2n) is 9.85. The molecule has 0 unspecified atom stereocenters. The van der Waals surface area contributed by atoms with Crippen LogP contribution in [0.2, 0.25) is 0 Å². The number of aromatic nitrogens is 3. The van der Waals surface area contributed by atoms with Crippen molar-refractivity contribution < 1.29 is 9.47 Å². The number of unbranched alkanes of at least 4 members (excludes halogenated alkanes) is 10. The molecule has 3 rings (SSSR count). The van der Waals surface area contributed by atoms with E-state index in [0.717, 1.165) is 41.0 Å². The summed E-state index contributed by atoms with van der Waals surface area (Å²) in [6.07, 6.45) is 14.8. The molecule has 7 nitrogen and oxygen atoms in total. The van der Waals surface area contributed by atoms with Gasteiger partial charge in [-0.15, -0.1) is 0 Å². The lowest BCUT2D eigenvalue weighted by molar-refractivity contribution is 0.258. The van der Waals surface area contributed by atoms with Crippen molar-refractivity contribution in [3.63, 3.8) is 0 Å². The summed E-state index contributed by atoms with van der Waals surface area (Å²) in [7, 11) is 0. The fourth-order valence-electron chi connectivity index (χ4n) is 4.40. The minimum absolute atomic E-state index is 0.111. The summed E-state index contributed by atoms with van der Waals surface area (Å²) < 4.78 is 12.4. The molecule has 0 spiro atoms. The first-order chi connectivity index (χ1) is 18.6. The summed E-state index contributed by atoms with van der Waals surface area (Å²) >= 11 is 0. The second-order valence-corrected chi connectivity index (χ2v) is 9.85. The molecule has 0 amide bonds. The van der Waals surface area contributed by atoms with E-state index in [1.54, 1.807) is 0 Å². The monoisotopic (exact) mass is 519 g/mol. The number of hydrogen-bond donors (Lipinski definition) is 2. The van der Waals surface area contributed by atoms with Gasteiger partial charge in [-0.3, -0.25) is 0 Å². The molecule has 0 atom stereocenters. The van der Waals surface area contributed by atoms with Crippen LogP contribution in [0.3, 0.4) is 0 Å². The third-order valence-corrected chi connectivity index (χ3v) is 6.60. The molecule has 0 saturated heterocycles. The van der Waals surface area contributed by atoms with Gasteiger partial charge in [0, 0.05) is 5.56 Å². The minimum atomic E-state index is 0.111. The highest BCUT2D eigenvalue weighted by Crippen LogP contribution is 2.34. The van der Waals surface area contributed by atoms with Crippen molar-refractivity contribution in [3.8, 4) is 34.0 Å². The molecule has 0 aliphatic rings. The Labute approximate surface area is 228 Å². The fraction of sp³-hybridized carbons (Fsp3) is 0.516. The molecule has 0 aliphatic heterocycles. The standard InChI is InChI=1S/C31H45N5O2/c1-3-5-7-9-11-13-21-37-27-20-19-26(23-28(27)38-22-14-12-10-8-6-4-2)24-15-17-25(18-16-24)29-34-30(32)36-31(33)35-29/h15-20,23H,3-14,21-22H2,1-2H3,(H4,32,33,34,35,36). The van der Waals surface area contributed by atoms with Gasteiger partial charge in [-0.25, -0.2) is 0 Å². The van der Waals surface area contributed by atoms with Crippen LogP contribution >= 0.6 is 0 Å². The quantitative estimate of drug-likeness (QED) is 0.165. The lowest BCUT2D eigenvalue weighted by atomic mass is 10.0. The summed E-state index contributed by atoms with van der Waals surface area (Å²) in [5.74, 6) is 2.31. The zero-order chi connectivity index (χ0) is 27.0. The Balaban J connectivity index is 1.66. The van der Waals surface area contributed by atoms with Crippen LogP contribution in [0.25, 0.3) is 22.5 Å². The summed E-state index contributed by atoms with van der Waals surface area (Å²) in [6, 6.07) is 14.2. The zero-order valence-electron chi connectivity index (χ0n) is 23.3. The van der Waals surface area contributed by atoms with E-state index in [0.29, 0.717) is 19.0 Å². The summed E-state index contributed by atoms with van der Waals surface area (Å²) in [6.45, 7) is 5.90. The van der Waals surface area contributed by atoms with Gasteiger partial charge in [0.1, 0.15) is 0 Å². The first-order valence-corrected chi connectivity index (χ1v) is 14.4. The maximum absolute atomic E-state index is 6.26. The Morgan fingerprint density at radius 1 is 0.526 bits per heavy atom. The SMILES string of the molecule is CCCCCCCCOc1ccc(-c2ccc(-c3nc(N)nc(N)n3)cc2)cc1OCCCCCCCC. The van der Waals surface area contributed by atoms with E-state index in [-0.39, 0.29) is 11.9 Å². The molecule has 38 heavy (non-hydrogen) atoms. The lowest BCUT2D eigenvalue weighted by Crippen LogP contribution is -2.04. The van der Waals surface area contributed by atoms with E-state index in [1.807, 2.05) is 30.3 Å². The van der Waals surface area contributed by atoms with E-state index in [4.69, 9.17) is 20.9 Å². The number of rotatable bonds is 18. The van der Waals surface area contributed by atoms with Crippen molar-refractivity contribution in [2.24, 2.45) is 0 Å². The molecular weight excluding hydrogens is 474 g/mol. The van der Waals surface area contributed by atoms with E-state index in [2.05, 4.69) is 40.9 Å². The molecular formula is C31H45N5O2. The van der Waals surface area contributed by atoms with Gasteiger partial charge in [0.05, 0.1) is 13.2 Å². The van der Waals surface area contributed by atoms with Crippen LogP contribution in [-0.2, 0) is 0 Å². The van der Waals surface area contributed by atoms with E-state index >= 15 is 0 Å². The number of hydrogen-bond acceptors (Lipinski definition) is 7. The maximum Gasteiger partial charge on any atom is 0.225 e. The van der Waals surface area contributed by atoms with Gasteiger partial charge < -0.3 is 20.9 Å². The van der Waals surface area contributed by atoms with Crippen molar-refractivity contribution in [3.05, 3.63) is 42.5 Å². The molecule has 0 aliphatic carbocycles. The Hall–Kier alpha value is -3.35. The van der Waals surface area contributed by atoms with Gasteiger partial charge in [-0.2, -0.15) is 15.0 Å². The van der Waals surface area contributed by atoms with Crippen LogP contribution in [-0.4, -0.2) is 28.2 Å². The minimum Gasteiger partial charge on any atom is -0.490 e. The van der Waals surface area contributed by atoms with Gasteiger partial charge in [-0.05, 0) is 36.1 Å². The molecule has 0 saturated carbocycles. The van der Waals surface area contributed by atoms with Gasteiger partial charge in [-0.1, -0.05) is 108 Å². The van der Waals surface area contributed by atoms with Crippen LogP contribution < -0.4 is 20.9 Å². The van der Waals surface area contributed by atoms with Crippen molar-refractivity contribution in [2.45, 2.75) is 90.9 Å². The van der Waals surface area contributed by atoms with Crippen molar-refractivity contribution in [1.29, 1.82) is 0 Å². The lowest BCUT2D eigenvalue weighted by Gasteiger charge is -2.15. The van der Waals surface area contributed by atoms with Gasteiger partial charge in [0.25, 0.3) is 0 Å². The third kappa shape index (κ3) is 9.84. The highest BCUT2D eigenvalue weighted by molar-refractivity contribution is 5.70. The molecule has 0 radical (unpaired) electrons. The molecule has 0 bridgehead atoms. The van der Waals surface area contributed by atoms with Gasteiger partial charge in [0.2, 0.25) is 11.9 Å². The van der Waals surface area contributed by atoms with E-state index in [9.17, 15) is 0 Å².